The largest absolute Gasteiger partial charge is 0.450 e. The van der Waals surface area contributed by atoms with Gasteiger partial charge in [-0.3, -0.25) is 14.5 Å². The Morgan fingerprint density at radius 3 is 2.59 bits per heavy atom. The second kappa shape index (κ2) is 12.4. The number of benzene rings is 1. The zero-order valence-corrected chi connectivity index (χ0v) is 21.2. The Labute approximate surface area is 207 Å². The number of hydrogen-bond donors (Lipinski definition) is 2. The standard InChI is InChI=1S/C25H37ClN4O4/c1-17-15-29(10-11-30(17)24(32)19-7-4-5-8-19)16-20-13-21(26)14-22(18(20)2)28-23(31)9-6-12-34-25(33)27-3/h13-14,17,19H,4-12,15-16H2,1-3H3,(H,27,33)(H,28,31). The first-order chi connectivity index (χ1) is 16.3. The van der Waals surface area contributed by atoms with Crippen molar-refractivity contribution in [3.63, 3.8) is 0 Å². The van der Waals surface area contributed by atoms with Gasteiger partial charge in [0.05, 0.1) is 6.61 Å². The van der Waals surface area contributed by atoms with Crippen molar-refractivity contribution in [3.8, 4) is 0 Å². The molecule has 0 aromatic heterocycles. The molecular formula is C25H37ClN4O4. The maximum atomic E-state index is 12.9. The molecule has 2 fully saturated rings. The Kier molecular flexibility index (Phi) is 9.59. The molecule has 1 aliphatic heterocycles. The molecule has 0 bridgehead atoms. The van der Waals surface area contributed by atoms with Crippen molar-refractivity contribution in [2.75, 3.05) is 38.6 Å². The van der Waals surface area contributed by atoms with Crippen LogP contribution in [0.5, 0.6) is 0 Å². The Balaban J connectivity index is 1.54. The van der Waals surface area contributed by atoms with Gasteiger partial charge in [0, 0.05) is 62.3 Å². The fourth-order valence-corrected chi connectivity index (χ4v) is 5.11. The molecule has 1 saturated carbocycles. The summed E-state index contributed by atoms with van der Waals surface area (Å²) in [6.45, 7) is 7.39. The summed E-state index contributed by atoms with van der Waals surface area (Å²) in [4.78, 5) is 40.8. The third kappa shape index (κ3) is 7.09. The number of piperazine rings is 1. The van der Waals surface area contributed by atoms with Gasteiger partial charge >= 0.3 is 6.09 Å². The van der Waals surface area contributed by atoms with Gasteiger partial charge in [-0.1, -0.05) is 24.4 Å². The van der Waals surface area contributed by atoms with Crippen LogP contribution in [0.25, 0.3) is 0 Å². The highest BCUT2D eigenvalue weighted by molar-refractivity contribution is 6.31. The Morgan fingerprint density at radius 2 is 1.91 bits per heavy atom. The third-order valence-electron chi connectivity index (χ3n) is 6.83. The fraction of sp³-hybridized carbons (Fsp3) is 0.640. The quantitative estimate of drug-likeness (QED) is 0.536. The van der Waals surface area contributed by atoms with E-state index in [2.05, 4.69) is 27.4 Å². The van der Waals surface area contributed by atoms with Crippen molar-refractivity contribution < 1.29 is 19.1 Å². The van der Waals surface area contributed by atoms with Gasteiger partial charge in [0.15, 0.2) is 0 Å². The fourth-order valence-electron chi connectivity index (χ4n) is 4.86. The minimum Gasteiger partial charge on any atom is -0.450 e. The number of ether oxygens (including phenoxy) is 1. The van der Waals surface area contributed by atoms with E-state index in [1.807, 2.05) is 13.0 Å². The van der Waals surface area contributed by atoms with Gasteiger partial charge in [-0.2, -0.15) is 0 Å². The monoisotopic (exact) mass is 492 g/mol. The van der Waals surface area contributed by atoms with E-state index in [-0.39, 0.29) is 30.9 Å². The van der Waals surface area contributed by atoms with Crippen LogP contribution in [-0.2, 0) is 20.9 Å². The summed E-state index contributed by atoms with van der Waals surface area (Å²) in [5, 5.41) is 5.88. The lowest BCUT2D eigenvalue weighted by Crippen LogP contribution is -2.54. The molecule has 2 N–H and O–H groups in total. The van der Waals surface area contributed by atoms with E-state index in [1.165, 1.54) is 19.9 Å². The zero-order chi connectivity index (χ0) is 24.7. The molecule has 9 heteroatoms. The zero-order valence-electron chi connectivity index (χ0n) is 20.5. The lowest BCUT2D eigenvalue weighted by molar-refractivity contribution is -0.140. The maximum absolute atomic E-state index is 12.9. The molecule has 0 radical (unpaired) electrons. The molecule has 0 spiro atoms. The van der Waals surface area contributed by atoms with Crippen molar-refractivity contribution in [3.05, 3.63) is 28.3 Å². The average molecular weight is 493 g/mol. The SMILES string of the molecule is CNC(=O)OCCCC(=O)Nc1cc(Cl)cc(CN2CCN(C(=O)C3CCCC3)C(C)C2)c1C. The summed E-state index contributed by atoms with van der Waals surface area (Å²) in [5.41, 5.74) is 2.74. The molecular weight excluding hydrogens is 456 g/mol. The molecule has 1 heterocycles. The summed E-state index contributed by atoms with van der Waals surface area (Å²) < 4.78 is 4.92. The minimum absolute atomic E-state index is 0.149. The molecule has 1 aromatic rings. The normalized spacial score (nSPS) is 19.2. The van der Waals surface area contributed by atoms with Crippen LogP contribution >= 0.6 is 11.6 Å². The Hall–Kier alpha value is -2.32. The molecule has 34 heavy (non-hydrogen) atoms. The van der Waals surface area contributed by atoms with E-state index >= 15 is 0 Å². The molecule has 1 unspecified atom stereocenters. The first-order valence-corrected chi connectivity index (χ1v) is 12.6. The summed E-state index contributed by atoms with van der Waals surface area (Å²) in [6.07, 6.45) is 4.57. The maximum Gasteiger partial charge on any atom is 0.406 e. The molecule has 188 valence electrons. The van der Waals surface area contributed by atoms with E-state index in [1.54, 1.807) is 6.07 Å². The summed E-state index contributed by atoms with van der Waals surface area (Å²) in [6, 6.07) is 3.89. The Morgan fingerprint density at radius 1 is 1.18 bits per heavy atom. The number of nitrogens with zero attached hydrogens (tertiary/aromatic N) is 2. The smallest absolute Gasteiger partial charge is 0.406 e. The van der Waals surface area contributed by atoms with Crippen LogP contribution in [-0.4, -0.2) is 67.0 Å². The molecule has 3 rings (SSSR count). The highest BCUT2D eigenvalue weighted by Crippen LogP contribution is 2.29. The highest BCUT2D eigenvalue weighted by atomic mass is 35.5. The van der Waals surface area contributed by atoms with Gasteiger partial charge in [0.25, 0.3) is 0 Å². The van der Waals surface area contributed by atoms with Crippen molar-refractivity contribution in [2.24, 2.45) is 5.92 Å². The summed E-state index contributed by atoms with van der Waals surface area (Å²) in [7, 11) is 1.49. The van der Waals surface area contributed by atoms with Crippen LogP contribution in [0.4, 0.5) is 10.5 Å². The topological polar surface area (TPSA) is 91.0 Å². The summed E-state index contributed by atoms with van der Waals surface area (Å²) in [5.74, 6) is 0.393. The number of halogens is 1. The predicted octanol–water partition coefficient (Wildman–Crippen LogP) is 3.95. The van der Waals surface area contributed by atoms with E-state index in [4.69, 9.17) is 16.3 Å². The number of rotatable bonds is 8. The van der Waals surface area contributed by atoms with Gasteiger partial charge in [-0.15, -0.1) is 0 Å². The first kappa shape index (κ1) is 26.3. The van der Waals surface area contributed by atoms with Crippen molar-refractivity contribution in [1.82, 2.24) is 15.1 Å². The number of hydrogen-bond acceptors (Lipinski definition) is 5. The van der Waals surface area contributed by atoms with Crippen molar-refractivity contribution >= 4 is 35.2 Å². The Bertz CT molecular complexity index is 888. The molecule has 1 saturated heterocycles. The number of carbonyl (C=O) groups excluding carboxylic acids is 3. The third-order valence-corrected chi connectivity index (χ3v) is 7.05. The molecule has 1 aliphatic carbocycles. The number of amides is 3. The number of nitrogens with one attached hydrogen (secondary N) is 2. The predicted molar refractivity (Wildman–Crippen MR) is 133 cm³/mol. The van der Waals surface area contributed by atoms with Crippen LogP contribution in [0.15, 0.2) is 12.1 Å². The second-order valence-electron chi connectivity index (χ2n) is 9.37. The van der Waals surface area contributed by atoms with E-state index < -0.39 is 6.09 Å². The van der Waals surface area contributed by atoms with Crippen molar-refractivity contribution in [1.29, 1.82) is 0 Å². The van der Waals surface area contributed by atoms with E-state index in [0.29, 0.717) is 29.6 Å². The van der Waals surface area contributed by atoms with Crippen LogP contribution < -0.4 is 10.6 Å². The minimum atomic E-state index is -0.506. The van der Waals surface area contributed by atoms with Crippen LogP contribution in [0.2, 0.25) is 5.02 Å². The molecule has 3 amide bonds. The van der Waals surface area contributed by atoms with Crippen LogP contribution in [0.3, 0.4) is 0 Å². The van der Waals surface area contributed by atoms with E-state index in [0.717, 1.165) is 43.6 Å². The number of alkyl carbamates (subject to hydrolysis) is 1. The molecule has 1 aromatic carbocycles. The lowest BCUT2D eigenvalue weighted by Gasteiger charge is -2.41. The van der Waals surface area contributed by atoms with Gasteiger partial charge in [-0.25, -0.2) is 4.79 Å². The van der Waals surface area contributed by atoms with Crippen LogP contribution in [0, 0.1) is 12.8 Å². The summed E-state index contributed by atoms with van der Waals surface area (Å²) >= 11 is 6.38. The molecule has 2 aliphatic rings. The van der Waals surface area contributed by atoms with Crippen LogP contribution in [0.1, 0.15) is 56.6 Å². The number of anilines is 1. The van der Waals surface area contributed by atoms with Gasteiger partial charge < -0.3 is 20.3 Å². The number of carbonyl (C=O) groups is 3. The average Bonchev–Trinajstić information content (AvgIpc) is 3.34. The molecule has 1 atom stereocenters. The van der Waals surface area contributed by atoms with Crippen molar-refractivity contribution in [2.45, 2.75) is 65.0 Å². The van der Waals surface area contributed by atoms with Gasteiger partial charge in [0.1, 0.15) is 0 Å². The molecule has 8 nitrogen and oxygen atoms in total. The van der Waals surface area contributed by atoms with Gasteiger partial charge in [0.2, 0.25) is 11.8 Å². The first-order valence-electron chi connectivity index (χ1n) is 12.2. The lowest BCUT2D eigenvalue weighted by atomic mass is 10.0. The second-order valence-corrected chi connectivity index (χ2v) is 9.81. The van der Waals surface area contributed by atoms with E-state index in [9.17, 15) is 14.4 Å². The highest BCUT2D eigenvalue weighted by Gasteiger charge is 2.33. The van der Waals surface area contributed by atoms with Gasteiger partial charge in [-0.05, 0) is 56.4 Å².